The lowest BCUT2D eigenvalue weighted by Crippen LogP contribution is -2.67. The Hall–Kier alpha value is -3.57. The van der Waals surface area contributed by atoms with Crippen molar-refractivity contribution < 1.29 is 9.59 Å². The Morgan fingerprint density at radius 3 is 2.47 bits per heavy atom. The fraction of sp³-hybridized carbons (Fsp3) is 0.267. The monoisotopic (exact) mass is 497 g/mol. The van der Waals surface area contributed by atoms with Gasteiger partial charge in [-0.2, -0.15) is 0 Å². The maximum atomic E-state index is 14.1. The molecule has 0 saturated carbocycles. The van der Waals surface area contributed by atoms with Crippen LogP contribution in [0.1, 0.15) is 41.6 Å². The molecular formula is C30H28ClN3O2. The van der Waals surface area contributed by atoms with Gasteiger partial charge < -0.3 is 14.8 Å². The van der Waals surface area contributed by atoms with E-state index >= 15 is 0 Å². The maximum absolute atomic E-state index is 14.1. The van der Waals surface area contributed by atoms with Crippen molar-refractivity contribution in [3.05, 3.63) is 106 Å². The molecule has 6 rings (SSSR count). The number of rotatable bonds is 5. The van der Waals surface area contributed by atoms with Crippen LogP contribution in [0, 0.1) is 0 Å². The maximum Gasteiger partial charge on any atom is 0.254 e. The van der Waals surface area contributed by atoms with Crippen molar-refractivity contribution >= 4 is 34.3 Å². The number of piperazine rings is 1. The highest BCUT2D eigenvalue weighted by molar-refractivity contribution is 6.30. The largest absolute Gasteiger partial charge is 0.356 e. The summed E-state index contributed by atoms with van der Waals surface area (Å²) in [4.78, 5) is 34.8. The van der Waals surface area contributed by atoms with E-state index < -0.39 is 5.54 Å². The van der Waals surface area contributed by atoms with Gasteiger partial charge in [-0.05, 0) is 54.7 Å². The summed E-state index contributed by atoms with van der Waals surface area (Å²) in [5.41, 5.74) is 4.14. The van der Waals surface area contributed by atoms with Crippen molar-refractivity contribution in [2.45, 2.75) is 31.2 Å². The van der Waals surface area contributed by atoms with Gasteiger partial charge in [-0.3, -0.25) is 9.59 Å². The van der Waals surface area contributed by atoms with Gasteiger partial charge in [0.2, 0.25) is 5.91 Å². The van der Waals surface area contributed by atoms with Crippen LogP contribution < -0.4 is 0 Å². The van der Waals surface area contributed by atoms with E-state index in [1.807, 2.05) is 67.6 Å². The molecule has 1 fully saturated rings. The van der Waals surface area contributed by atoms with Gasteiger partial charge in [0.1, 0.15) is 0 Å². The number of aromatic amines is 1. The first-order valence-electron chi connectivity index (χ1n) is 12.5. The van der Waals surface area contributed by atoms with Crippen molar-refractivity contribution in [1.29, 1.82) is 0 Å². The molecule has 5 nitrogen and oxygen atoms in total. The SMILES string of the molecule is C[C@]12C(=O)N(CCCc3ccccc3)CC(=O)N1C[C@H](c1ccc(Cl)cc1)c1c2[nH]c2ccccc12. The number of nitrogens with zero attached hydrogens (tertiary/aromatic N) is 2. The van der Waals surface area contributed by atoms with Crippen molar-refractivity contribution in [1.82, 2.24) is 14.8 Å². The molecule has 182 valence electrons. The zero-order valence-electron chi connectivity index (χ0n) is 20.2. The van der Waals surface area contributed by atoms with Crippen LogP contribution in [-0.2, 0) is 21.5 Å². The molecule has 0 bridgehead atoms. The summed E-state index contributed by atoms with van der Waals surface area (Å²) in [5, 5.41) is 1.77. The van der Waals surface area contributed by atoms with Crippen LogP contribution in [0.5, 0.6) is 0 Å². The van der Waals surface area contributed by atoms with Crippen molar-refractivity contribution in [2.75, 3.05) is 19.6 Å². The highest BCUT2D eigenvalue weighted by Crippen LogP contribution is 2.48. The first-order chi connectivity index (χ1) is 17.5. The number of fused-ring (bicyclic) bond motifs is 5. The van der Waals surface area contributed by atoms with Crippen molar-refractivity contribution in [3.63, 3.8) is 0 Å². The fourth-order valence-corrected chi connectivity index (χ4v) is 6.10. The zero-order valence-corrected chi connectivity index (χ0v) is 21.0. The number of H-pyrrole nitrogens is 1. The van der Waals surface area contributed by atoms with Crippen LogP contribution >= 0.6 is 11.6 Å². The standard InChI is InChI=1S/C30H28ClN3O2/c1-30-28-27(23-11-5-6-12-25(23)32-28)24(21-13-15-22(31)16-14-21)18-34(30)26(35)19-33(29(30)36)17-7-10-20-8-3-2-4-9-20/h2-6,8-9,11-16,24,32H,7,10,17-19H2,1H3/t24-,30+/m1/s1. The molecule has 3 aromatic carbocycles. The van der Waals surface area contributed by atoms with E-state index in [4.69, 9.17) is 11.6 Å². The fourth-order valence-electron chi connectivity index (χ4n) is 5.97. The van der Waals surface area contributed by atoms with Crippen LogP contribution in [0.25, 0.3) is 10.9 Å². The summed E-state index contributed by atoms with van der Waals surface area (Å²) in [5.74, 6) is -0.0829. The van der Waals surface area contributed by atoms with E-state index in [9.17, 15) is 9.59 Å². The lowest BCUT2D eigenvalue weighted by atomic mass is 9.76. The molecule has 6 heteroatoms. The highest BCUT2D eigenvalue weighted by atomic mass is 35.5. The third-order valence-electron chi connectivity index (χ3n) is 7.83. The lowest BCUT2D eigenvalue weighted by molar-refractivity contribution is -0.166. The van der Waals surface area contributed by atoms with E-state index in [0.29, 0.717) is 18.1 Å². The number of carbonyl (C=O) groups excluding carboxylic acids is 2. The molecule has 1 aromatic heterocycles. The summed E-state index contributed by atoms with van der Waals surface area (Å²) in [6.07, 6.45) is 1.68. The van der Waals surface area contributed by atoms with Gasteiger partial charge in [-0.1, -0.05) is 72.3 Å². The average molecular weight is 498 g/mol. The molecule has 1 saturated heterocycles. The molecular weight excluding hydrogens is 470 g/mol. The number of hydrogen-bond acceptors (Lipinski definition) is 2. The Morgan fingerprint density at radius 2 is 1.69 bits per heavy atom. The molecule has 2 aliphatic rings. The first kappa shape index (κ1) is 22.9. The van der Waals surface area contributed by atoms with E-state index in [2.05, 4.69) is 23.2 Å². The van der Waals surface area contributed by atoms with Gasteiger partial charge in [-0.25, -0.2) is 0 Å². The van der Waals surface area contributed by atoms with E-state index in [0.717, 1.165) is 40.6 Å². The summed E-state index contributed by atoms with van der Waals surface area (Å²) in [7, 11) is 0. The number of benzene rings is 3. The van der Waals surface area contributed by atoms with Gasteiger partial charge >= 0.3 is 0 Å². The van der Waals surface area contributed by atoms with Crippen LogP contribution in [-0.4, -0.2) is 46.2 Å². The van der Waals surface area contributed by atoms with Crippen LogP contribution in [0.4, 0.5) is 0 Å². The summed E-state index contributed by atoms with van der Waals surface area (Å²) < 4.78 is 0. The number of amides is 2. The average Bonchev–Trinajstić information content (AvgIpc) is 3.29. The van der Waals surface area contributed by atoms with E-state index in [1.165, 1.54) is 5.56 Å². The minimum atomic E-state index is -1.07. The highest BCUT2D eigenvalue weighted by Gasteiger charge is 2.56. The van der Waals surface area contributed by atoms with Crippen molar-refractivity contribution in [2.24, 2.45) is 0 Å². The minimum absolute atomic E-state index is 0.0138. The Bertz CT molecular complexity index is 1450. The quantitative estimate of drug-likeness (QED) is 0.396. The van der Waals surface area contributed by atoms with Gasteiger partial charge in [0, 0.05) is 34.9 Å². The van der Waals surface area contributed by atoms with Gasteiger partial charge in [0.25, 0.3) is 5.91 Å². The molecule has 36 heavy (non-hydrogen) atoms. The number of halogens is 1. The topological polar surface area (TPSA) is 56.4 Å². The molecule has 2 aliphatic heterocycles. The summed E-state index contributed by atoms with van der Waals surface area (Å²) in [6.45, 7) is 3.03. The number of nitrogens with one attached hydrogen (secondary N) is 1. The molecule has 0 unspecified atom stereocenters. The number of aryl methyl sites for hydroxylation is 1. The molecule has 1 N–H and O–H groups in total. The molecule has 2 atom stereocenters. The zero-order chi connectivity index (χ0) is 24.9. The second-order valence-electron chi connectivity index (χ2n) is 9.96. The Balaban J connectivity index is 1.39. The van der Waals surface area contributed by atoms with Crippen LogP contribution in [0.15, 0.2) is 78.9 Å². The van der Waals surface area contributed by atoms with E-state index in [-0.39, 0.29) is 24.3 Å². The third-order valence-corrected chi connectivity index (χ3v) is 8.08. The molecule has 0 aliphatic carbocycles. The third kappa shape index (κ3) is 3.61. The second kappa shape index (κ2) is 8.82. The Morgan fingerprint density at radius 1 is 0.972 bits per heavy atom. The second-order valence-corrected chi connectivity index (χ2v) is 10.4. The van der Waals surface area contributed by atoms with Crippen LogP contribution in [0.3, 0.4) is 0 Å². The number of carbonyl (C=O) groups is 2. The van der Waals surface area contributed by atoms with Gasteiger partial charge in [-0.15, -0.1) is 0 Å². The predicted molar refractivity (Wildman–Crippen MR) is 142 cm³/mol. The molecule has 0 spiro atoms. The lowest BCUT2D eigenvalue weighted by Gasteiger charge is -2.51. The summed E-state index contributed by atoms with van der Waals surface area (Å²) in [6, 6.07) is 26.2. The predicted octanol–water partition coefficient (Wildman–Crippen LogP) is 5.49. The first-order valence-corrected chi connectivity index (χ1v) is 12.8. The molecule has 4 aromatic rings. The number of hydrogen-bond donors (Lipinski definition) is 1. The molecule has 2 amide bonds. The van der Waals surface area contributed by atoms with Crippen molar-refractivity contribution in [3.8, 4) is 0 Å². The normalized spacial score (nSPS) is 21.6. The minimum Gasteiger partial charge on any atom is -0.356 e. The van der Waals surface area contributed by atoms with E-state index in [1.54, 1.807) is 9.80 Å². The number of aromatic nitrogens is 1. The van der Waals surface area contributed by atoms with Crippen LogP contribution in [0.2, 0.25) is 5.02 Å². The molecule has 0 radical (unpaired) electrons. The Kier molecular flexibility index (Phi) is 5.60. The molecule has 3 heterocycles. The Labute approximate surface area is 215 Å². The summed E-state index contributed by atoms with van der Waals surface area (Å²) >= 11 is 6.18. The number of para-hydroxylation sites is 1. The van der Waals surface area contributed by atoms with Gasteiger partial charge in [0.05, 0.1) is 12.2 Å². The smallest absolute Gasteiger partial charge is 0.254 e. The van der Waals surface area contributed by atoms with Gasteiger partial charge in [0.15, 0.2) is 5.54 Å².